The van der Waals surface area contributed by atoms with E-state index in [1.54, 1.807) is 0 Å². The lowest BCUT2D eigenvalue weighted by Gasteiger charge is -2.11. The number of nitro groups is 1. The predicted octanol–water partition coefficient (Wildman–Crippen LogP) is -1.66. The highest BCUT2D eigenvalue weighted by Gasteiger charge is 2.25. The summed E-state index contributed by atoms with van der Waals surface area (Å²) in [5, 5.41) is 35.5. The molecule has 0 radical (unpaired) electrons. The first-order valence-corrected chi connectivity index (χ1v) is 2.77. The second-order valence-electron chi connectivity index (χ2n) is 2.00. The van der Waals surface area contributed by atoms with Crippen LogP contribution in [-0.2, 0) is 6.10 Å². The second-order valence-corrected chi connectivity index (χ2v) is 2.00. The molecule has 0 bridgehead atoms. The fourth-order valence-electron chi connectivity index (χ4n) is 0.571. The molecule has 0 amide bonds. The van der Waals surface area contributed by atoms with Crippen molar-refractivity contribution in [1.82, 2.24) is 9.55 Å². The van der Waals surface area contributed by atoms with Gasteiger partial charge in [-0.25, -0.2) is 4.57 Å². The van der Waals surface area contributed by atoms with Crippen molar-refractivity contribution in [2.24, 2.45) is 0 Å². The van der Waals surface area contributed by atoms with E-state index in [4.69, 9.17) is 15.3 Å². The number of aliphatic hydroxyl groups is 3. The smallest absolute Gasteiger partial charge is 0.358 e. The highest BCUT2D eigenvalue weighted by molar-refractivity contribution is 5.12. The Morgan fingerprint density at radius 3 is 2.42 bits per heavy atom. The molecule has 1 aromatic rings. The fraction of sp³-hybridized carbons (Fsp3) is 0.250. The molecule has 0 aliphatic carbocycles. The van der Waals surface area contributed by atoms with Crippen LogP contribution in [0.3, 0.4) is 0 Å². The molecule has 3 N–H and O–H groups in total. The molecule has 8 nitrogen and oxygen atoms in total. The molecule has 0 unspecified atom stereocenters. The number of hydrogen-bond acceptors (Lipinski definition) is 6. The summed E-state index contributed by atoms with van der Waals surface area (Å²) in [5.74, 6) is -0.587. The summed E-state index contributed by atoms with van der Waals surface area (Å²) >= 11 is 0. The van der Waals surface area contributed by atoms with Gasteiger partial charge in [-0.1, -0.05) is 0 Å². The van der Waals surface area contributed by atoms with E-state index in [0.29, 0.717) is 10.8 Å². The normalized spacial score (nSPS) is 11.6. The summed E-state index contributed by atoms with van der Waals surface area (Å²) in [4.78, 5) is 12.4. The molecule has 8 heteroatoms. The molecule has 0 aliphatic heterocycles. The van der Waals surface area contributed by atoms with Crippen molar-refractivity contribution in [2.75, 3.05) is 0 Å². The average molecular weight is 175 g/mol. The van der Waals surface area contributed by atoms with E-state index in [1.165, 1.54) is 0 Å². The molecule has 0 aliphatic rings. The average Bonchev–Trinajstić information content (AvgIpc) is 2.30. The Hall–Kier alpha value is -1.51. The van der Waals surface area contributed by atoms with Crippen LogP contribution >= 0.6 is 0 Å². The molecule has 0 fully saturated rings. The zero-order chi connectivity index (χ0) is 9.35. The van der Waals surface area contributed by atoms with Crippen LogP contribution in [-0.4, -0.2) is 29.8 Å². The van der Waals surface area contributed by atoms with Gasteiger partial charge in [-0.2, -0.15) is 0 Å². The summed E-state index contributed by atoms with van der Waals surface area (Å²) in [6.07, 6.45) is -1.75. The molecule has 12 heavy (non-hydrogen) atoms. The van der Waals surface area contributed by atoms with E-state index in [-0.39, 0.29) is 0 Å². The van der Waals surface area contributed by atoms with Crippen LogP contribution in [0.2, 0.25) is 0 Å². The Balaban J connectivity index is 3.00. The Bertz CT molecular complexity index is 300. The molecule has 0 saturated carbocycles. The van der Waals surface area contributed by atoms with Gasteiger partial charge < -0.3 is 25.4 Å². The lowest BCUT2D eigenvalue weighted by atomic mass is 10.7. The van der Waals surface area contributed by atoms with Gasteiger partial charge in [0.25, 0.3) is 0 Å². The Morgan fingerprint density at radius 2 is 2.17 bits per heavy atom. The Kier molecular flexibility index (Phi) is 1.80. The number of nitrogens with zero attached hydrogens (tertiary/aromatic N) is 3. The quantitative estimate of drug-likeness (QED) is 0.281. The van der Waals surface area contributed by atoms with E-state index in [1.807, 2.05) is 0 Å². The highest BCUT2D eigenvalue weighted by atomic mass is 16.7. The van der Waals surface area contributed by atoms with Crippen LogP contribution in [0.15, 0.2) is 12.5 Å². The lowest BCUT2D eigenvalue weighted by Crippen LogP contribution is -2.31. The van der Waals surface area contributed by atoms with Gasteiger partial charge in [0.05, 0.1) is 0 Å². The van der Waals surface area contributed by atoms with Gasteiger partial charge in [-0.15, -0.1) is 0 Å². The van der Waals surface area contributed by atoms with Gasteiger partial charge in [0.1, 0.15) is 6.20 Å². The van der Waals surface area contributed by atoms with E-state index >= 15 is 0 Å². The minimum atomic E-state index is -3.15. The third kappa shape index (κ3) is 1.56. The highest BCUT2D eigenvalue weighted by Crippen LogP contribution is 2.10. The molecule has 0 atom stereocenters. The van der Waals surface area contributed by atoms with E-state index in [2.05, 4.69) is 4.98 Å². The van der Waals surface area contributed by atoms with Crippen molar-refractivity contribution in [1.29, 1.82) is 0 Å². The van der Waals surface area contributed by atoms with Gasteiger partial charge in [0, 0.05) is 0 Å². The summed E-state index contributed by atoms with van der Waals surface area (Å²) in [6.45, 7) is 0. The first-order chi connectivity index (χ1) is 5.41. The van der Waals surface area contributed by atoms with Gasteiger partial charge in [0.15, 0.2) is 0 Å². The summed E-state index contributed by atoms with van der Waals surface area (Å²) < 4.78 is 0.380. The van der Waals surface area contributed by atoms with Crippen LogP contribution < -0.4 is 0 Å². The second kappa shape index (κ2) is 2.52. The summed E-state index contributed by atoms with van der Waals surface area (Å²) in [6, 6.07) is 0. The lowest BCUT2D eigenvalue weighted by molar-refractivity contribution is -0.392. The van der Waals surface area contributed by atoms with Crippen LogP contribution in [0.25, 0.3) is 0 Å². The molecule has 1 rings (SSSR count). The summed E-state index contributed by atoms with van der Waals surface area (Å²) in [5.41, 5.74) is 0. The van der Waals surface area contributed by atoms with Crippen molar-refractivity contribution in [2.45, 2.75) is 6.10 Å². The number of aromatic nitrogens is 2. The topological polar surface area (TPSA) is 122 Å². The first-order valence-electron chi connectivity index (χ1n) is 2.77. The molecule has 0 saturated heterocycles. The fourth-order valence-corrected chi connectivity index (χ4v) is 0.571. The molecule has 0 aromatic carbocycles. The minimum absolute atomic E-state index is 0.380. The molecular formula is C4H5N3O5. The largest absolute Gasteiger partial charge is 0.381 e. The minimum Gasteiger partial charge on any atom is -0.358 e. The molecule has 1 heterocycles. The van der Waals surface area contributed by atoms with Gasteiger partial charge >= 0.3 is 11.9 Å². The predicted molar refractivity (Wildman–Crippen MR) is 33.5 cm³/mol. The van der Waals surface area contributed by atoms with E-state index < -0.39 is 16.8 Å². The van der Waals surface area contributed by atoms with Crippen molar-refractivity contribution in [3.05, 3.63) is 22.6 Å². The molecular weight excluding hydrogens is 170 g/mol. The zero-order valence-corrected chi connectivity index (χ0v) is 5.65. The maximum atomic E-state index is 10.0. The molecule has 0 spiro atoms. The van der Waals surface area contributed by atoms with Crippen molar-refractivity contribution in [3.8, 4) is 0 Å². The third-order valence-corrected chi connectivity index (χ3v) is 1.10. The Labute approximate surface area is 65.5 Å². The number of hydrogen-bond donors (Lipinski definition) is 3. The van der Waals surface area contributed by atoms with Crippen molar-refractivity contribution >= 4 is 5.82 Å². The summed E-state index contributed by atoms with van der Waals surface area (Å²) in [7, 11) is 0. The van der Waals surface area contributed by atoms with Crippen LogP contribution in [0, 0.1) is 10.1 Å². The number of imidazole rings is 1. The Morgan fingerprint density at radius 1 is 1.58 bits per heavy atom. The van der Waals surface area contributed by atoms with Gasteiger partial charge in [-0.3, -0.25) is 0 Å². The third-order valence-electron chi connectivity index (χ3n) is 1.10. The maximum absolute atomic E-state index is 10.0. The van der Waals surface area contributed by atoms with Crippen LogP contribution in [0.5, 0.6) is 0 Å². The van der Waals surface area contributed by atoms with Crippen molar-refractivity contribution < 1.29 is 20.2 Å². The monoisotopic (exact) mass is 175 g/mol. The van der Waals surface area contributed by atoms with E-state index in [9.17, 15) is 10.1 Å². The van der Waals surface area contributed by atoms with E-state index in [0.717, 1.165) is 6.33 Å². The number of rotatable bonds is 2. The molecule has 1 aromatic heterocycles. The standard InChI is InChI=1S/C4H5N3O5/c8-4(9,10)6-1-3(5-2-6)7(11)12/h1-2,8-10H. The van der Waals surface area contributed by atoms with Crippen LogP contribution in [0.1, 0.15) is 0 Å². The molecule has 66 valence electrons. The first kappa shape index (κ1) is 8.59. The maximum Gasteiger partial charge on any atom is 0.381 e. The SMILES string of the molecule is O=[N+]([O-])c1cn(C(O)(O)O)cn1. The van der Waals surface area contributed by atoms with Crippen molar-refractivity contribution in [3.63, 3.8) is 0 Å². The zero-order valence-electron chi connectivity index (χ0n) is 5.65. The van der Waals surface area contributed by atoms with Crippen LogP contribution in [0.4, 0.5) is 5.82 Å². The van der Waals surface area contributed by atoms with Gasteiger partial charge in [0.2, 0.25) is 6.33 Å². The van der Waals surface area contributed by atoms with Gasteiger partial charge in [-0.05, 0) is 9.91 Å².